The highest BCUT2D eigenvalue weighted by Crippen LogP contribution is 2.15. The van der Waals surface area contributed by atoms with Crippen molar-refractivity contribution in [3.63, 3.8) is 0 Å². The topological polar surface area (TPSA) is 105 Å². The number of para-hydroxylation sites is 1. The Morgan fingerprint density at radius 1 is 1.55 bits per heavy atom. The van der Waals surface area contributed by atoms with Gasteiger partial charge < -0.3 is 4.74 Å². The highest BCUT2D eigenvalue weighted by atomic mass is 32.1. The van der Waals surface area contributed by atoms with Gasteiger partial charge >= 0.3 is 6.09 Å². The van der Waals surface area contributed by atoms with Crippen LogP contribution < -0.4 is 0 Å². The number of aromatic nitrogens is 3. The van der Waals surface area contributed by atoms with E-state index in [2.05, 4.69) is 10.2 Å². The van der Waals surface area contributed by atoms with Gasteiger partial charge in [0.15, 0.2) is 0 Å². The quantitative estimate of drug-likeness (QED) is 0.370. The number of hydrogen-bond donors (Lipinski definition) is 0. The number of ether oxygens (including phenoxy) is 1. The van der Waals surface area contributed by atoms with Crippen molar-refractivity contribution in [2.75, 3.05) is 6.61 Å². The van der Waals surface area contributed by atoms with Crippen molar-refractivity contribution < 1.29 is 14.5 Å². The van der Waals surface area contributed by atoms with E-state index >= 15 is 0 Å². The third-order valence-corrected chi connectivity index (χ3v) is 2.91. The van der Waals surface area contributed by atoms with Gasteiger partial charge in [-0.05, 0) is 25.2 Å². The molecular formula is C12H11N5O4S. The molecule has 1 aromatic heterocycles. The Bertz CT molecular complexity index is 795. The molecule has 0 aliphatic heterocycles. The van der Waals surface area contributed by atoms with Gasteiger partial charge in [0.2, 0.25) is 4.77 Å². The van der Waals surface area contributed by atoms with Crippen molar-refractivity contribution in [2.24, 2.45) is 5.10 Å². The Morgan fingerprint density at radius 2 is 2.27 bits per heavy atom. The van der Waals surface area contributed by atoms with E-state index in [1.807, 2.05) is 0 Å². The first-order valence-corrected chi connectivity index (χ1v) is 6.57. The predicted octanol–water partition coefficient (Wildman–Crippen LogP) is 2.21. The molecule has 9 nitrogen and oxygen atoms in total. The Kier molecular flexibility index (Phi) is 4.73. The number of carbonyl (C=O) groups is 1. The second kappa shape index (κ2) is 6.72. The Hall–Kier alpha value is -2.88. The molecule has 0 fully saturated rings. The SMILES string of the molecule is CCOC(=O)n1ncn(N=Cc2ccccc2[N+](=O)[O-])c1=S. The van der Waals surface area contributed by atoms with Crippen LogP contribution in [0.3, 0.4) is 0 Å². The van der Waals surface area contributed by atoms with Gasteiger partial charge in [-0.1, -0.05) is 12.1 Å². The lowest BCUT2D eigenvalue weighted by Crippen LogP contribution is -2.15. The van der Waals surface area contributed by atoms with Gasteiger partial charge in [0, 0.05) is 6.07 Å². The molecule has 1 aromatic carbocycles. The van der Waals surface area contributed by atoms with E-state index in [0.29, 0.717) is 5.56 Å². The number of nitrogens with zero attached hydrogens (tertiary/aromatic N) is 5. The minimum absolute atomic E-state index is 0.00622. The largest absolute Gasteiger partial charge is 0.448 e. The highest BCUT2D eigenvalue weighted by molar-refractivity contribution is 7.71. The number of hydrogen-bond acceptors (Lipinski definition) is 7. The molecule has 0 unspecified atom stereocenters. The van der Waals surface area contributed by atoms with Gasteiger partial charge in [-0.15, -0.1) is 9.78 Å². The van der Waals surface area contributed by atoms with Crippen molar-refractivity contribution in [3.05, 3.63) is 51.0 Å². The highest BCUT2D eigenvalue weighted by Gasteiger charge is 2.12. The summed E-state index contributed by atoms with van der Waals surface area (Å²) in [4.78, 5) is 21.9. The average Bonchev–Trinajstić information content (AvgIpc) is 2.86. The Morgan fingerprint density at radius 3 is 2.95 bits per heavy atom. The van der Waals surface area contributed by atoms with Crippen molar-refractivity contribution in [1.82, 2.24) is 14.5 Å². The zero-order chi connectivity index (χ0) is 16.1. The molecule has 2 rings (SSSR count). The summed E-state index contributed by atoms with van der Waals surface area (Å²) in [6.07, 6.45) is 1.77. The summed E-state index contributed by atoms with van der Waals surface area (Å²) in [6, 6.07) is 6.11. The van der Waals surface area contributed by atoms with E-state index in [1.54, 1.807) is 25.1 Å². The van der Waals surface area contributed by atoms with Crippen molar-refractivity contribution in [3.8, 4) is 0 Å². The van der Waals surface area contributed by atoms with E-state index in [-0.39, 0.29) is 17.1 Å². The lowest BCUT2D eigenvalue weighted by atomic mass is 10.2. The lowest BCUT2D eigenvalue weighted by Gasteiger charge is -1.99. The van der Waals surface area contributed by atoms with Crippen molar-refractivity contribution >= 4 is 30.2 Å². The normalized spacial score (nSPS) is 10.8. The summed E-state index contributed by atoms with van der Waals surface area (Å²) in [5, 5.41) is 18.6. The van der Waals surface area contributed by atoms with Crippen molar-refractivity contribution in [1.29, 1.82) is 0 Å². The fraction of sp³-hybridized carbons (Fsp3) is 0.167. The first-order chi connectivity index (χ1) is 10.5. The van der Waals surface area contributed by atoms with Crippen LogP contribution in [0.5, 0.6) is 0 Å². The minimum atomic E-state index is -0.716. The van der Waals surface area contributed by atoms with E-state index < -0.39 is 11.0 Å². The molecular weight excluding hydrogens is 310 g/mol. The van der Waals surface area contributed by atoms with Crippen LogP contribution in [0.1, 0.15) is 12.5 Å². The fourth-order valence-corrected chi connectivity index (χ4v) is 1.79. The smallest absolute Gasteiger partial charge is 0.437 e. The molecule has 0 saturated carbocycles. The van der Waals surface area contributed by atoms with Gasteiger partial charge in [0.05, 0.1) is 23.3 Å². The molecule has 0 spiro atoms. The lowest BCUT2D eigenvalue weighted by molar-refractivity contribution is -0.385. The number of rotatable bonds is 4. The maximum Gasteiger partial charge on any atom is 0.437 e. The fourth-order valence-electron chi connectivity index (χ4n) is 1.57. The van der Waals surface area contributed by atoms with Gasteiger partial charge in [-0.3, -0.25) is 10.1 Å². The zero-order valence-electron chi connectivity index (χ0n) is 11.4. The van der Waals surface area contributed by atoms with Crippen LogP contribution in [-0.4, -0.2) is 38.3 Å². The van der Waals surface area contributed by atoms with E-state index in [4.69, 9.17) is 17.0 Å². The van der Waals surface area contributed by atoms with Crippen LogP contribution in [-0.2, 0) is 4.74 Å². The first-order valence-electron chi connectivity index (χ1n) is 6.16. The number of nitro groups is 1. The summed E-state index contributed by atoms with van der Waals surface area (Å²) < 4.78 is 6.78. The standard InChI is InChI=1S/C12H11N5O4S/c1-2-21-12(18)16-11(22)15(8-14-16)13-7-9-5-3-4-6-10(9)17(19)20/h3-8H,2H2,1H3. The average molecular weight is 321 g/mol. The summed E-state index contributed by atoms with van der Waals surface area (Å²) in [5.74, 6) is 0. The Balaban J connectivity index is 2.31. The summed E-state index contributed by atoms with van der Waals surface area (Å²) in [6.45, 7) is 1.85. The molecule has 0 atom stereocenters. The third kappa shape index (κ3) is 3.23. The molecule has 0 saturated heterocycles. The second-order valence-electron chi connectivity index (χ2n) is 3.93. The monoisotopic (exact) mass is 321 g/mol. The summed E-state index contributed by atoms with van der Waals surface area (Å²) in [7, 11) is 0. The molecule has 0 aliphatic rings. The van der Waals surface area contributed by atoms with Gasteiger partial charge in [-0.25, -0.2) is 4.79 Å². The van der Waals surface area contributed by atoms with Crippen LogP contribution in [0.2, 0.25) is 0 Å². The summed E-state index contributed by atoms with van der Waals surface area (Å²) in [5.41, 5.74) is 0.217. The Labute approximate surface area is 129 Å². The van der Waals surface area contributed by atoms with Gasteiger partial charge in [-0.2, -0.15) is 9.78 Å². The molecule has 0 bridgehead atoms. The number of nitro benzene ring substituents is 1. The zero-order valence-corrected chi connectivity index (χ0v) is 12.3. The van der Waals surface area contributed by atoms with E-state index in [9.17, 15) is 14.9 Å². The van der Waals surface area contributed by atoms with Gasteiger partial charge in [0.25, 0.3) is 5.69 Å². The van der Waals surface area contributed by atoms with Crippen LogP contribution in [0, 0.1) is 14.9 Å². The van der Waals surface area contributed by atoms with Crippen LogP contribution in [0.15, 0.2) is 35.7 Å². The second-order valence-corrected chi connectivity index (χ2v) is 4.29. The summed E-state index contributed by atoms with van der Waals surface area (Å²) >= 11 is 5.03. The molecule has 0 N–H and O–H groups in total. The maximum atomic E-state index is 11.6. The number of benzene rings is 1. The van der Waals surface area contributed by atoms with E-state index in [0.717, 1.165) is 9.36 Å². The van der Waals surface area contributed by atoms with Crippen LogP contribution in [0.4, 0.5) is 10.5 Å². The van der Waals surface area contributed by atoms with Gasteiger partial charge in [0.1, 0.15) is 6.33 Å². The molecule has 2 aromatic rings. The molecule has 10 heteroatoms. The first kappa shape index (κ1) is 15.5. The molecule has 0 aliphatic carbocycles. The predicted molar refractivity (Wildman–Crippen MR) is 79.6 cm³/mol. The van der Waals surface area contributed by atoms with Crippen LogP contribution in [0.25, 0.3) is 0 Å². The maximum absolute atomic E-state index is 11.6. The third-order valence-electron chi connectivity index (χ3n) is 2.55. The molecule has 114 valence electrons. The van der Waals surface area contributed by atoms with Crippen LogP contribution >= 0.6 is 12.2 Å². The molecule has 1 heterocycles. The minimum Gasteiger partial charge on any atom is -0.448 e. The molecule has 0 radical (unpaired) electrons. The van der Waals surface area contributed by atoms with Crippen molar-refractivity contribution in [2.45, 2.75) is 6.92 Å². The number of carbonyl (C=O) groups excluding carboxylic acids is 1. The molecule has 22 heavy (non-hydrogen) atoms. The van der Waals surface area contributed by atoms with E-state index in [1.165, 1.54) is 18.6 Å². The molecule has 0 amide bonds.